The maximum Gasteiger partial charge on any atom is 0.294 e. The summed E-state index contributed by atoms with van der Waals surface area (Å²) in [4.78, 5) is -0.0310. The van der Waals surface area contributed by atoms with Crippen molar-refractivity contribution in [3.8, 4) is 0 Å². The fourth-order valence-corrected chi connectivity index (χ4v) is 4.61. The van der Waals surface area contributed by atoms with Gasteiger partial charge in [0.2, 0.25) is 0 Å². The van der Waals surface area contributed by atoms with Gasteiger partial charge in [-0.15, -0.1) is 5.73 Å². The van der Waals surface area contributed by atoms with Crippen LogP contribution in [0.1, 0.15) is 105 Å². The monoisotopic (exact) mass is 424 g/mol. The third kappa shape index (κ3) is 11.8. The first-order valence-corrected chi connectivity index (χ1v) is 13.2. The second-order valence-corrected chi connectivity index (χ2v) is 11.2. The van der Waals surface area contributed by atoms with Crippen LogP contribution in [-0.4, -0.2) is 13.0 Å². The minimum Gasteiger partial charge on any atom is -0.282 e. The first kappa shape index (κ1) is 26.2. The van der Waals surface area contributed by atoms with Crippen molar-refractivity contribution >= 4 is 10.1 Å². The molecule has 168 valence electrons. The van der Waals surface area contributed by atoms with Crippen LogP contribution in [0, 0.1) is 23.7 Å². The van der Waals surface area contributed by atoms with Gasteiger partial charge < -0.3 is 0 Å². The van der Waals surface area contributed by atoms with Crippen molar-refractivity contribution in [3.05, 3.63) is 28.4 Å². The summed E-state index contributed by atoms with van der Waals surface area (Å²) in [6.45, 7) is 11.6. The minimum absolute atomic E-state index is 0.0310. The van der Waals surface area contributed by atoms with Crippen molar-refractivity contribution in [3.63, 3.8) is 0 Å². The maximum atomic E-state index is 11.1. The molecule has 3 unspecified atom stereocenters. The van der Waals surface area contributed by atoms with Gasteiger partial charge in [-0.1, -0.05) is 98.5 Å². The van der Waals surface area contributed by atoms with Gasteiger partial charge in [0, 0.05) is 6.08 Å². The largest absolute Gasteiger partial charge is 0.294 e. The van der Waals surface area contributed by atoms with E-state index in [4.69, 9.17) is 4.55 Å². The highest BCUT2D eigenvalue weighted by molar-refractivity contribution is 7.90. The Kier molecular flexibility index (Phi) is 12.2. The number of hydrogen-bond donors (Lipinski definition) is 1. The third-order valence-electron chi connectivity index (χ3n) is 6.27. The fourth-order valence-electron chi connectivity index (χ4n) is 4.11. The van der Waals surface area contributed by atoms with Gasteiger partial charge in [0.25, 0.3) is 10.1 Å². The molecule has 0 fully saturated rings. The molecule has 0 spiro atoms. The quantitative estimate of drug-likeness (QED) is 0.166. The lowest BCUT2D eigenvalue weighted by molar-refractivity contribution is 0.383. The second kappa shape index (κ2) is 13.5. The van der Waals surface area contributed by atoms with Crippen LogP contribution in [-0.2, 0) is 10.1 Å². The molecule has 0 saturated carbocycles. The SMILES string of the molecule is CC(C)CCCC(C)CCCC(C)CCCCC(C)C1=C=CC(S(=O)(=O)O)=CC1. The van der Waals surface area contributed by atoms with Crippen molar-refractivity contribution in [2.75, 3.05) is 0 Å². The average molecular weight is 425 g/mol. The summed E-state index contributed by atoms with van der Waals surface area (Å²) in [6, 6.07) is 0. The molecule has 1 N–H and O–H groups in total. The minimum atomic E-state index is -4.10. The van der Waals surface area contributed by atoms with E-state index in [2.05, 4.69) is 40.3 Å². The van der Waals surface area contributed by atoms with Crippen LogP contribution in [0.3, 0.4) is 0 Å². The van der Waals surface area contributed by atoms with Crippen molar-refractivity contribution in [1.82, 2.24) is 0 Å². The highest BCUT2D eigenvalue weighted by Gasteiger charge is 2.16. The zero-order valence-electron chi connectivity index (χ0n) is 19.4. The van der Waals surface area contributed by atoms with Gasteiger partial charge in [0.1, 0.15) is 0 Å². The van der Waals surface area contributed by atoms with Gasteiger partial charge in [0.15, 0.2) is 0 Å². The Morgan fingerprint density at radius 3 is 1.86 bits per heavy atom. The summed E-state index contributed by atoms with van der Waals surface area (Å²) in [5.41, 5.74) is 4.20. The lowest BCUT2D eigenvalue weighted by Gasteiger charge is -2.17. The zero-order valence-corrected chi connectivity index (χ0v) is 20.2. The van der Waals surface area contributed by atoms with Crippen LogP contribution >= 0.6 is 0 Å². The molecule has 0 aliphatic heterocycles. The van der Waals surface area contributed by atoms with Crippen LogP contribution in [0.4, 0.5) is 0 Å². The van der Waals surface area contributed by atoms with Gasteiger partial charge in [-0.25, -0.2) is 0 Å². The Hall–Kier alpha value is -0.830. The average Bonchev–Trinajstić information content (AvgIpc) is 2.64. The summed E-state index contributed by atoms with van der Waals surface area (Å²) < 4.78 is 31.3. The van der Waals surface area contributed by atoms with E-state index in [0.29, 0.717) is 12.3 Å². The molecular formula is C25H44O3S. The molecular weight excluding hydrogens is 380 g/mol. The van der Waals surface area contributed by atoms with Gasteiger partial charge in [-0.2, -0.15) is 8.42 Å². The highest BCUT2D eigenvalue weighted by atomic mass is 32.2. The van der Waals surface area contributed by atoms with E-state index in [1.807, 2.05) is 0 Å². The molecule has 0 amide bonds. The number of allylic oxidation sites excluding steroid dienone is 2. The van der Waals surface area contributed by atoms with Crippen molar-refractivity contribution in [2.24, 2.45) is 23.7 Å². The summed E-state index contributed by atoms with van der Waals surface area (Å²) in [6.07, 6.45) is 16.7. The van der Waals surface area contributed by atoms with Crippen LogP contribution in [0.2, 0.25) is 0 Å². The van der Waals surface area contributed by atoms with Crippen molar-refractivity contribution in [2.45, 2.75) is 105 Å². The molecule has 4 heteroatoms. The molecule has 0 aromatic rings. The van der Waals surface area contributed by atoms with Crippen LogP contribution in [0.5, 0.6) is 0 Å². The topological polar surface area (TPSA) is 54.4 Å². The van der Waals surface area contributed by atoms with E-state index in [9.17, 15) is 8.42 Å². The smallest absolute Gasteiger partial charge is 0.282 e. The summed E-state index contributed by atoms with van der Waals surface area (Å²) in [5, 5.41) is 0. The standard InChI is InChI=1S/C25H44O3S/c1-20(2)10-8-12-22(4)14-9-13-21(3)11-6-7-15-23(5)24-16-18-25(19-17-24)29(26,27)28/h18-23H,6-16H2,1-5H3,(H,26,27,28). The number of unbranched alkanes of at least 4 members (excludes halogenated alkanes) is 1. The van der Waals surface area contributed by atoms with E-state index in [1.54, 1.807) is 6.08 Å². The van der Waals surface area contributed by atoms with Gasteiger partial charge >= 0.3 is 0 Å². The Labute approximate surface area is 180 Å². The van der Waals surface area contributed by atoms with Crippen LogP contribution in [0.25, 0.3) is 0 Å². The molecule has 3 atom stereocenters. The van der Waals surface area contributed by atoms with Crippen molar-refractivity contribution in [1.29, 1.82) is 0 Å². The fraction of sp³-hybridized carbons (Fsp3) is 0.800. The third-order valence-corrected chi connectivity index (χ3v) is 7.15. The Morgan fingerprint density at radius 2 is 1.38 bits per heavy atom. The molecule has 0 heterocycles. The normalized spacial score (nSPS) is 17.8. The lowest BCUT2D eigenvalue weighted by atomic mass is 9.89. The molecule has 0 aromatic carbocycles. The molecule has 0 saturated heterocycles. The molecule has 1 aliphatic carbocycles. The Morgan fingerprint density at radius 1 is 0.862 bits per heavy atom. The Balaban J connectivity index is 2.14. The molecule has 0 bridgehead atoms. The Bertz CT molecular complexity index is 666. The van der Waals surface area contributed by atoms with Gasteiger partial charge in [-0.05, 0) is 42.1 Å². The molecule has 0 aromatic heterocycles. The summed E-state index contributed by atoms with van der Waals surface area (Å²) in [7, 11) is -4.10. The molecule has 3 nitrogen and oxygen atoms in total. The van der Waals surface area contributed by atoms with Crippen LogP contribution in [0.15, 0.2) is 28.4 Å². The molecule has 29 heavy (non-hydrogen) atoms. The lowest BCUT2D eigenvalue weighted by Crippen LogP contribution is -2.05. The summed E-state index contributed by atoms with van der Waals surface area (Å²) in [5.74, 6) is 2.92. The van der Waals surface area contributed by atoms with Gasteiger partial charge in [0.05, 0.1) is 4.91 Å². The van der Waals surface area contributed by atoms with E-state index in [1.165, 1.54) is 63.9 Å². The van der Waals surface area contributed by atoms with Crippen molar-refractivity contribution < 1.29 is 13.0 Å². The molecule has 1 aliphatic rings. The number of rotatable bonds is 15. The van der Waals surface area contributed by atoms with Gasteiger partial charge in [-0.3, -0.25) is 4.55 Å². The van der Waals surface area contributed by atoms with E-state index in [-0.39, 0.29) is 4.91 Å². The first-order chi connectivity index (χ1) is 13.6. The van der Waals surface area contributed by atoms with Crippen LogP contribution < -0.4 is 0 Å². The van der Waals surface area contributed by atoms with E-state index < -0.39 is 10.1 Å². The highest BCUT2D eigenvalue weighted by Crippen LogP contribution is 2.26. The second-order valence-electron chi connectivity index (χ2n) is 9.75. The van der Waals surface area contributed by atoms with E-state index >= 15 is 0 Å². The zero-order chi connectivity index (χ0) is 21.9. The summed E-state index contributed by atoms with van der Waals surface area (Å²) >= 11 is 0. The predicted octanol–water partition coefficient (Wildman–Crippen LogP) is 7.71. The predicted molar refractivity (Wildman–Crippen MR) is 124 cm³/mol. The molecule has 1 rings (SSSR count). The number of hydrogen-bond acceptors (Lipinski definition) is 2. The first-order valence-electron chi connectivity index (χ1n) is 11.7. The molecule has 0 radical (unpaired) electrons. The van der Waals surface area contributed by atoms with E-state index in [0.717, 1.165) is 29.7 Å². The maximum absolute atomic E-state index is 11.1.